The van der Waals surface area contributed by atoms with Crippen molar-refractivity contribution in [2.75, 3.05) is 0 Å². The first-order chi connectivity index (χ1) is 13.1. The molecule has 0 spiro atoms. The van der Waals surface area contributed by atoms with Crippen LogP contribution in [0.15, 0.2) is 33.4 Å². The third-order valence-electron chi connectivity index (χ3n) is 6.24. The normalized spacial score (nSPS) is 26.8. The zero-order valence-electron chi connectivity index (χ0n) is 16.4. The van der Waals surface area contributed by atoms with Crippen molar-refractivity contribution in [2.24, 2.45) is 11.8 Å². The molecule has 146 valence electrons. The van der Waals surface area contributed by atoms with E-state index in [1.807, 2.05) is 6.07 Å². The van der Waals surface area contributed by atoms with Gasteiger partial charge in [-0.2, -0.15) is 0 Å². The summed E-state index contributed by atoms with van der Waals surface area (Å²) in [6, 6.07) is 5.99. The molecule has 2 aliphatic rings. The van der Waals surface area contributed by atoms with Gasteiger partial charge in [0.15, 0.2) is 11.5 Å². The Morgan fingerprint density at radius 2 is 1.78 bits per heavy atom. The first-order valence-electron chi connectivity index (χ1n) is 10.4. The Labute approximate surface area is 161 Å². The molecule has 0 N–H and O–H groups in total. The fraction of sp³-hybridized carbons (Fsp3) is 0.636. The molecule has 2 aliphatic carbocycles. The lowest BCUT2D eigenvalue weighted by molar-refractivity contribution is 0.0345. The Hall–Kier alpha value is -2.04. The van der Waals surface area contributed by atoms with Crippen LogP contribution in [0.1, 0.15) is 75.7 Å². The van der Waals surface area contributed by atoms with E-state index in [2.05, 4.69) is 23.9 Å². The van der Waals surface area contributed by atoms with Gasteiger partial charge in [0, 0.05) is 18.2 Å². The van der Waals surface area contributed by atoms with Crippen molar-refractivity contribution in [3.05, 3.63) is 30.2 Å². The average molecular weight is 370 g/mol. The van der Waals surface area contributed by atoms with Gasteiger partial charge in [0.1, 0.15) is 0 Å². The molecule has 2 unspecified atom stereocenters. The predicted octanol–water partition coefficient (Wildman–Crippen LogP) is 5.53. The van der Waals surface area contributed by atoms with Crippen molar-refractivity contribution >= 4 is 5.91 Å². The molecule has 1 amide bonds. The van der Waals surface area contributed by atoms with Gasteiger partial charge < -0.3 is 13.8 Å². The number of nitrogens with zero attached hydrogens (tertiary/aromatic N) is 2. The van der Waals surface area contributed by atoms with Crippen molar-refractivity contribution in [2.45, 2.75) is 77.3 Å². The monoisotopic (exact) mass is 370 g/mol. The van der Waals surface area contributed by atoms with Crippen LogP contribution in [0, 0.1) is 11.8 Å². The van der Waals surface area contributed by atoms with Gasteiger partial charge >= 0.3 is 0 Å². The molecule has 2 saturated carbocycles. The summed E-state index contributed by atoms with van der Waals surface area (Å²) in [6.45, 7) is 4.63. The van der Waals surface area contributed by atoms with Gasteiger partial charge in [-0.25, -0.2) is 0 Å². The van der Waals surface area contributed by atoms with Crippen molar-refractivity contribution in [1.29, 1.82) is 0 Å². The number of amides is 1. The number of hydrogen-bond donors (Lipinski definition) is 0. The van der Waals surface area contributed by atoms with E-state index in [1.54, 1.807) is 18.4 Å². The summed E-state index contributed by atoms with van der Waals surface area (Å²) in [6.07, 6.45) is 11.0. The molecule has 0 bridgehead atoms. The molecule has 0 saturated heterocycles. The number of hydrogen-bond acceptors (Lipinski definition) is 4. The fourth-order valence-corrected chi connectivity index (χ4v) is 5.16. The molecule has 2 heterocycles. The second-order valence-electron chi connectivity index (χ2n) is 8.63. The standard InChI is InChI=1S/C22H30N2O3/c1-15-11-16(2)13-18(12-15)24(17-7-4-3-5-8-17)22(25)19-14-21(27-23-19)20-9-6-10-26-20/h6,9-10,14-18H,3-5,7-8,11-13H2,1-2H3. The third kappa shape index (κ3) is 3.97. The number of aromatic nitrogens is 1. The van der Waals surface area contributed by atoms with Gasteiger partial charge in [0.2, 0.25) is 5.76 Å². The smallest absolute Gasteiger partial charge is 0.276 e. The van der Waals surface area contributed by atoms with E-state index in [0.717, 1.165) is 25.7 Å². The largest absolute Gasteiger partial charge is 0.461 e. The Morgan fingerprint density at radius 3 is 2.44 bits per heavy atom. The molecule has 2 aromatic rings. The van der Waals surface area contributed by atoms with Crippen LogP contribution >= 0.6 is 0 Å². The summed E-state index contributed by atoms with van der Waals surface area (Å²) in [5.41, 5.74) is 0.401. The lowest BCUT2D eigenvalue weighted by atomic mass is 9.78. The quantitative estimate of drug-likeness (QED) is 0.709. The minimum absolute atomic E-state index is 0.0229. The van der Waals surface area contributed by atoms with E-state index in [9.17, 15) is 4.79 Å². The SMILES string of the molecule is CC1CC(C)CC(N(C(=O)c2cc(-c3ccco3)on2)C2CCCCC2)C1. The van der Waals surface area contributed by atoms with Crippen LogP contribution in [0.25, 0.3) is 11.5 Å². The molecular formula is C22H30N2O3. The molecule has 4 rings (SSSR count). The third-order valence-corrected chi connectivity index (χ3v) is 6.24. The second-order valence-corrected chi connectivity index (χ2v) is 8.63. The van der Waals surface area contributed by atoms with E-state index in [-0.39, 0.29) is 5.91 Å². The lowest BCUT2D eigenvalue weighted by Gasteiger charge is -2.44. The van der Waals surface area contributed by atoms with E-state index < -0.39 is 0 Å². The van der Waals surface area contributed by atoms with Gasteiger partial charge in [-0.05, 0) is 56.1 Å². The highest BCUT2D eigenvalue weighted by Crippen LogP contribution is 2.36. The van der Waals surface area contributed by atoms with Crippen molar-refractivity contribution < 1.29 is 13.7 Å². The first kappa shape index (κ1) is 18.3. The maximum Gasteiger partial charge on any atom is 0.276 e. The summed E-state index contributed by atoms with van der Waals surface area (Å²) < 4.78 is 10.8. The molecule has 0 aromatic carbocycles. The van der Waals surface area contributed by atoms with E-state index in [1.165, 1.54) is 25.7 Å². The Bertz CT molecular complexity index is 735. The van der Waals surface area contributed by atoms with Gasteiger partial charge in [0.25, 0.3) is 5.91 Å². The molecule has 2 aromatic heterocycles. The van der Waals surface area contributed by atoms with Crippen LogP contribution in [0.2, 0.25) is 0 Å². The van der Waals surface area contributed by atoms with Gasteiger partial charge in [0.05, 0.1) is 6.26 Å². The topological polar surface area (TPSA) is 59.5 Å². The highest BCUT2D eigenvalue weighted by Gasteiger charge is 2.37. The Kier molecular flexibility index (Phi) is 5.37. The summed E-state index contributed by atoms with van der Waals surface area (Å²) in [5.74, 6) is 2.46. The van der Waals surface area contributed by atoms with Crippen LogP contribution in [-0.4, -0.2) is 28.0 Å². The molecular weight excluding hydrogens is 340 g/mol. The number of carbonyl (C=O) groups excluding carboxylic acids is 1. The summed E-state index contributed by atoms with van der Waals surface area (Å²) in [4.78, 5) is 15.7. The van der Waals surface area contributed by atoms with E-state index >= 15 is 0 Å². The molecule has 2 atom stereocenters. The van der Waals surface area contributed by atoms with Crippen molar-refractivity contribution in [3.63, 3.8) is 0 Å². The van der Waals surface area contributed by atoms with Crippen LogP contribution in [0.5, 0.6) is 0 Å². The van der Waals surface area contributed by atoms with Crippen molar-refractivity contribution in [1.82, 2.24) is 10.1 Å². The fourth-order valence-electron chi connectivity index (χ4n) is 5.16. The Morgan fingerprint density at radius 1 is 1.04 bits per heavy atom. The van der Waals surface area contributed by atoms with E-state index in [0.29, 0.717) is 41.1 Å². The second kappa shape index (κ2) is 7.91. The zero-order valence-corrected chi connectivity index (χ0v) is 16.4. The Balaban J connectivity index is 1.60. The average Bonchev–Trinajstić information content (AvgIpc) is 3.34. The van der Waals surface area contributed by atoms with Gasteiger partial charge in [-0.1, -0.05) is 38.3 Å². The maximum absolute atomic E-state index is 13.5. The van der Waals surface area contributed by atoms with Crippen molar-refractivity contribution in [3.8, 4) is 11.5 Å². The molecule has 27 heavy (non-hydrogen) atoms. The van der Waals surface area contributed by atoms with Gasteiger partial charge in [-0.3, -0.25) is 4.79 Å². The molecule has 5 nitrogen and oxygen atoms in total. The van der Waals surface area contributed by atoms with Crippen LogP contribution in [0.3, 0.4) is 0 Å². The van der Waals surface area contributed by atoms with Crippen LogP contribution in [0.4, 0.5) is 0 Å². The van der Waals surface area contributed by atoms with E-state index in [4.69, 9.17) is 8.94 Å². The lowest BCUT2D eigenvalue weighted by Crippen LogP contribution is -2.50. The van der Waals surface area contributed by atoms with Gasteiger partial charge in [-0.15, -0.1) is 0 Å². The number of rotatable bonds is 4. The summed E-state index contributed by atoms with van der Waals surface area (Å²) in [7, 11) is 0. The molecule has 0 aliphatic heterocycles. The number of furan rings is 1. The van der Waals surface area contributed by atoms with Crippen LogP contribution < -0.4 is 0 Å². The number of carbonyl (C=O) groups is 1. The summed E-state index contributed by atoms with van der Waals surface area (Å²) in [5, 5.41) is 4.09. The van der Waals surface area contributed by atoms with Crippen LogP contribution in [-0.2, 0) is 0 Å². The first-order valence-corrected chi connectivity index (χ1v) is 10.4. The minimum Gasteiger partial charge on any atom is -0.461 e. The molecule has 0 radical (unpaired) electrons. The maximum atomic E-state index is 13.5. The highest BCUT2D eigenvalue weighted by atomic mass is 16.5. The predicted molar refractivity (Wildman–Crippen MR) is 103 cm³/mol. The minimum atomic E-state index is 0.0229. The summed E-state index contributed by atoms with van der Waals surface area (Å²) >= 11 is 0. The zero-order chi connectivity index (χ0) is 18.8. The highest BCUT2D eigenvalue weighted by molar-refractivity contribution is 5.93. The molecule has 2 fully saturated rings. The molecule has 5 heteroatoms.